The van der Waals surface area contributed by atoms with Crippen molar-refractivity contribution in [3.05, 3.63) is 118 Å². The van der Waals surface area contributed by atoms with Gasteiger partial charge in [0.1, 0.15) is 29.9 Å². The maximum atomic E-state index is 15.7. The van der Waals surface area contributed by atoms with Crippen LogP contribution in [0.2, 0.25) is 5.02 Å². The van der Waals surface area contributed by atoms with E-state index in [1.807, 2.05) is 18.4 Å². The normalized spacial score (nSPS) is 15.9. The van der Waals surface area contributed by atoms with Gasteiger partial charge in [-0.15, -0.1) is 0 Å². The van der Waals surface area contributed by atoms with E-state index < -0.39 is 29.2 Å². The first-order valence-electron chi connectivity index (χ1n) is 14.1. The Kier molecular flexibility index (Phi) is 8.05. The van der Waals surface area contributed by atoms with Crippen LogP contribution < -0.4 is 4.74 Å². The number of carboxylic acid groups (broad SMARTS) is 1. The average Bonchev–Trinajstić information content (AvgIpc) is 3.52. The Balaban J connectivity index is 1.33. The first-order valence-corrected chi connectivity index (χ1v) is 14.5. The lowest BCUT2D eigenvalue weighted by Gasteiger charge is -2.28. The number of carbonyl (C=O) groups is 1. The summed E-state index contributed by atoms with van der Waals surface area (Å²) in [6.07, 6.45) is -0.0862. The summed E-state index contributed by atoms with van der Waals surface area (Å²) in [7, 11) is 0. The van der Waals surface area contributed by atoms with E-state index in [0.717, 1.165) is 24.3 Å². The lowest BCUT2D eigenvalue weighted by Crippen LogP contribution is -2.27. The van der Waals surface area contributed by atoms with Gasteiger partial charge in [-0.05, 0) is 65.7 Å². The first kappa shape index (κ1) is 30.6. The molecule has 0 saturated carbocycles. The maximum Gasteiger partial charge on any atom is 0.335 e. The topological polar surface area (TPSA) is 73.6 Å². The molecule has 232 valence electrons. The number of aromatic carboxylic acids is 1. The van der Waals surface area contributed by atoms with E-state index in [-0.39, 0.29) is 63.1 Å². The summed E-state index contributed by atoms with van der Waals surface area (Å²) in [4.78, 5) is 16.4. The number of rotatable bonds is 8. The summed E-state index contributed by atoms with van der Waals surface area (Å²) in [5, 5.41) is 9.77. The van der Waals surface area contributed by atoms with Crippen LogP contribution in [0.4, 0.5) is 17.6 Å². The Morgan fingerprint density at radius 3 is 2.47 bits per heavy atom. The lowest BCUT2D eigenvalue weighted by atomic mass is 9.87. The van der Waals surface area contributed by atoms with Crippen molar-refractivity contribution in [2.24, 2.45) is 5.41 Å². The second-order valence-corrected chi connectivity index (χ2v) is 12.1. The van der Waals surface area contributed by atoms with Gasteiger partial charge in [-0.1, -0.05) is 37.6 Å². The number of benzene rings is 4. The molecule has 2 heterocycles. The third-order valence-electron chi connectivity index (χ3n) is 8.10. The SMILES string of the molecule is CC1(C)COCC1n1c(Cc2cc(F)c(-c3ccc(F)c(OCc4ccc(Cl)cc4F)c3)cc2F)nc2ccc(C(=O)O)cc21. The molecule has 0 amide bonds. The Morgan fingerprint density at radius 1 is 0.978 bits per heavy atom. The molecule has 5 aromatic rings. The molecule has 6 nitrogen and oxygen atoms in total. The summed E-state index contributed by atoms with van der Waals surface area (Å²) >= 11 is 5.78. The molecule has 1 aliphatic rings. The Labute approximate surface area is 260 Å². The first-order chi connectivity index (χ1) is 21.4. The van der Waals surface area contributed by atoms with E-state index in [1.54, 1.807) is 6.07 Å². The zero-order valence-corrected chi connectivity index (χ0v) is 25.0. The fourth-order valence-corrected chi connectivity index (χ4v) is 5.78. The molecule has 1 fully saturated rings. The highest BCUT2D eigenvalue weighted by atomic mass is 35.5. The van der Waals surface area contributed by atoms with E-state index in [9.17, 15) is 18.7 Å². The van der Waals surface area contributed by atoms with E-state index in [4.69, 9.17) is 21.1 Å². The van der Waals surface area contributed by atoms with Crippen molar-refractivity contribution in [3.8, 4) is 16.9 Å². The summed E-state index contributed by atoms with van der Waals surface area (Å²) < 4.78 is 73.1. The van der Waals surface area contributed by atoms with Crippen molar-refractivity contribution in [3.63, 3.8) is 0 Å². The standard InChI is InChI=1S/C34H27ClF4N2O4/c1-34(2)17-44-16-31(34)41-29-10-19(33(42)43)5-8-28(29)40-32(41)12-21-9-27(39)23(14-26(21)38)18-4-7-24(36)30(11-18)45-15-20-3-6-22(35)13-25(20)37/h3-11,13-14,31H,12,15-17H2,1-2H3,(H,42,43). The van der Waals surface area contributed by atoms with Gasteiger partial charge in [0.15, 0.2) is 11.6 Å². The van der Waals surface area contributed by atoms with Crippen LogP contribution in [-0.2, 0) is 17.8 Å². The number of hydrogen-bond acceptors (Lipinski definition) is 4. The van der Waals surface area contributed by atoms with Gasteiger partial charge in [0.25, 0.3) is 0 Å². The minimum absolute atomic E-state index is 0.0276. The highest BCUT2D eigenvalue weighted by molar-refractivity contribution is 6.30. The minimum atomic E-state index is -1.09. The molecule has 45 heavy (non-hydrogen) atoms. The van der Waals surface area contributed by atoms with Crippen LogP contribution in [0.5, 0.6) is 5.75 Å². The fraction of sp³-hybridized carbons (Fsp3) is 0.235. The van der Waals surface area contributed by atoms with Crippen molar-refractivity contribution in [2.75, 3.05) is 13.2 Å². The molecule has 1 aliphatic heterocycles. The van der Waals surface area contributed by atoms with Crippen molar-refractivity contribution >= 4 is 28.6 Å². The molecular weight excluding hydrogens is 612 g/mol. The predicted octanol–water partition coefficient (Wildman–Crippen LogP) is 8.38. The van der Waals surface area contributed by atoms with Crippen LogP contribution in [0.1, 0.15) is 47.2 Å². The number of aromatic nitrogens is 2. The van der Waals surface area contributed by atoms with E-state index in [1.165, 1.54) is 36.4 Å². The van der Waals surface area contributed by atoms with Crippen molar-refractivity contribution in [1.82, 2.24) is 9.55 Å². The lowest BCUT2D eigenvalue weighted by molar-refractivity contribution is 0.0697. The number of carboxylic acids is 1. The van der Waals surface area contributed by atoms with Crippen molar-refractivity contribution in [2.45, 2.75) is 32.9 Å². The number of fused-ring (bicyclic) bond motifs is 1. The molecular formula is C34H27ClF4N2O4. The summed E-state index contributed by atoms with van der Waals surface area (Å²) in [6.45, 7) is 4.53. The zero-order valence-electron chi connectivity index (χ0n) is 24.2. The van der Waals surface area contributed by atoms with Crippen LogP contribution in [0.25, 0.3) is 22.2 Å². The highest BCUT2D eigenvalue weighted by Gasteiger charge is 2.39. The third kappa shape index (κ3) is 6.00. The van der Waals surface area contributed by atoms with Crippen LogP contribution in [0, 0.1) is 28.7 Å². The largest absolute Gasteiger partial charge is 0.486 e. The maximum absolute atomic E-state index is 15.7. The Hall–Kier alpha value is -4.41. The second kappa shape index (κ2) is 11.8. The predicted molar refractivity (Wildman–Crippen MR) is 161 cm³/mol. The molecule has 6 rings (SSSR count). The Morgan fingerprint density at radius 2 is 1.76 bits per heavy atom. The van der Waals surface area contributed by atoms with E-state index >= 15 is 8.78 Å². The summed E-state index contributed by atoms with van der Waals surface area (Å²) in [6, 6.07) is 14.0. The van der Waals surface area contributed by atoms with Crippen LogP contribution >= 0.6 is 11.6 Å². The van der Waals surface area contributed by atoms with Crippen LogP contribution in [0.15, 0.2) is 66.7 Å². The molecule has 11 heteroatoms. The van der Waals surface area contributed by atoms with Crippen molar-refractivity contribution < 1.29 is 36.9 Å². The molecule has 0 radical (unpaired) electrons. The molecule has 4 aromatic carbocycles. The molecule has 1 aromatic heterocycles. The van der Waals surface area contributed by atoms with Gasteiger partial charge in [-0.25, -0.2) is 27.3 Å². The monoisotopic (exact) mass is 638 g/mol. The van der Waals surface area contributed by atoms with Crippen LogP contribution in [-0.4, -0.2) is 33.8 Å². The molecule has 0 bridgehead atoms. The van der Waals surface area contributed by atoms with Gasteiger partial charge in [0, 0.05) is 28.0 Å². The van der Waals surface area contributed by atoms with Gasteiger partial charge in [0.2, 0.25) is 0 Å². The Bertz CT molecular complexity index is 1960. The third-order valence-corrected chi connectivity index (χ3v) is 8.33. The number of hydrogen-bond donors (Lipinski definition) is 1. The van der Waals surface area contributed by atoms with Gasteiger partial charge in [0.05, 0.1) is 35.9 Å². The van der Waals surface area contributed by atoms with E-state index in [0.29, 0.717) is 30.1 Å². The quantitative estimate of drug-likeness (QED) is 0.173. The molecule has 0 aliphatic carbocycles. The summed E-state index contributed by atoms with van der Waals surface area (Å²) in [5.41, 5.74) is 1.03. The number of ether oxygens (including phenoxy) is 2. The molecule has 1 saturated heterocycles. The van der Waals surface area contributed by atoms with Gasteiger partial charge in [-0.3, -0.25) is 0 Å². The van der Waals surface area contributed by atoms with E-state index in [2.05, 4.69) is 4.98 Å². The number of nitrogens with zero attached hydrogens (tertiary/aromatic N) is 2. The van der Waals surface area contributed by atoms with Crippen molar-refractivity contribution in [1.29, 1.82) is 0 Å². The molecule has 1 N–H and O–H groups in total. The molecule has 1 atom stereocenters. The van der Waals surface area contributed by atoms with Gasteiger partial charge < -0.3 is 19.1 Å². The average molecular weight is 639 g/mol. The second-order valence-electron chi connectivity index (χ2n) is 11.7. The summed E-state index contributed by atoms with van der Waals surface area (Å²) in [5.74, 6) is -3.78. The smallest absolute Gasteiger partial charge is 0.335 e. The zero-order chi connectivity index (χ0) is 32.0. The van der Waals surface area contributed by atoms with Gasteiger partial charge in [-0.2, -0.15) is 0 Å². The number of halogens is 5. The van der Waals surface area contributed by atoms with Crippen LogP contribution in [0.3, 0.4) is 0 Å². The molecule has 1 unspecified atom stereocenters. The minimum Gasteiger partial charge on any atom is -0.486 e. The fourth-order valence-electron chi connectivity index (χ4n) is 5.62. The van der Waals surface area contributed by atoms with Gasteiger partial charge >= 0.3 is 5.97 Å². The highest BCUT2D eigenvalue weighted by Crippen LogP contribution is 2.41. The molecule has 0 spiro atoms. The number of imidazole rings is 1.